The Labute approximate surface area is 625 Å². The molecule has 0 radical (unpaired) electrons. The van der Waals surface area contributed by atoms with Gasteiger partial charge in [-0.2, -0.15) is 4.98 Å². The van der Waals surface area contributed by atoms with Gasteiger partial charge in [-0.3, -0.25) is 28.5 Å². The molecule has 4 fully saturated rings. The van der Waals surface area contributed by atoms with Gasteiger partial charge >= 0.3 is 5.97 Å². The van der Waals surface area contributed by atoms with Crippen molar-refractivity contribution in [2.45, 2.75) is 206 Å². The van der Waals surface area contributed by atoms with E-state index >= 15 is 0 Å². The minimum Gasteiger partial charge on any atom is -0.460 e. The molecule has 4 aliphatic heterocycles. The number of nitrogens with one attached hydrogen (secondary N) is 1. The number of cyclic esters (lactones) is 1. The normalized spacial score (nSPS) is 30.5. The zero-order valence-corrected chi connectivity index (χ0v) is 65.7. The lowest BCUT2D eigenvalue weighted by atomic mass is 9.78. The summed E-state index contributed by atoms with van der Waals surface area (Å²) in [4.78, 5) is 104. The maximum atomic E-state index is 14.5. The van der Waals surface area contributed by atoms with E-state index in [1.165, 1.54) is 28.6 Å². The van der Waals surface area contributed by atoms with Gasteiger partial charge in [0.1, 0.15) is 41.1 Å². The largest absolute Gasteiger partial charge is 0.460 e. The molecule has 15 atom stereocenters. The molecule has 4 N–H and O–H groups in total. The molecule has 106 heavy (non-hydrogen) atoms. The zero-order chi connectivity index (χ0) is 77.5. The molecule has 3 aromatic heterocycles. The second-order valence-corrected chi connectivity index (χ2v) is 33.5. The van der Waals surface area contributed by atoms with E-state index in [4.69, 9.17) is 33.2 Å². The van der Waals surface area contributed by atoms with Crippen LogP contribution in [0.15, 0.2) is 114 Å². The Bertz CT molecular complexity index is 3920. The number of allylic oxidation sites excluding steroid dienone is 7. The third kappa shape index (κ3) is 21.8. The fraction of sp³-hybridized carbons (Fsp3) is 0.613. The van der Waals surface area contributed by atoms with Gasteiger partial charge in [0.2, 0.25) is 11.7 Å². The van der Waals surface area contributed by atoms with Crippen LogP contribution in [-0.2, 0) is 68.9 Å². The van der Waals surface area contributed by atoms with Crippen molar-refractivity contribution in [1.82, 2.24) is 34.1 Å². The van der Waals surface area contributed by atoms with Crippen molar-refractivity contribution in [1.29, 1.82) is 0 Å². The summed E-state index contributed by atoms with van der Waals surface area (Å²) in [5.41, 5.74) is 2.80. The van der Waals surface area contributed by atoms with Crippen LogP contribution in [0.1, 0.15) is 145 Å². The van der Waals surface area contributed by atoms with E-state index in [1.807, 2.05) is 70.2 Å². The van der Waals surface area contributed by atoms with Crippen LogP contribution in [0.3, 0.4) is 0 Å². The number of hydrogen-bond acceptors (Lipinski definition) is 22. The predicted molar refractivity (Wildman–Crippen MR) is 409 cm³/mol. The minimum absolute atomic E-state index is 0.0117. The number of rotatable bonds is 15. The summed E-state index contributed by atoms with van der Waals surface area (Å²) < 4.78 is 51.4. The molecule has 9 rings (SSSR count). The number of likely N-dealkylation sites (N-methyl/N-ethyl adjacent to an activating group) is 1. The van der Waals surface area contributed by atoms with Crippen molar-refractivity contribution in [2.75, 3.05) is 84.6 Å². The number of aliphatic hydroxyl groups excluding tert-OH is 1. The third-order valence-electron chi connectivity index (χ3n) is 21.4. The quantitative estimate of drug-likeness (QED) is 0.0372. The van der Waals surface area contributed by atoms with Crippen molar-refractivity contribution in [3.63, 3.8) is 0 Å². The van der Waals surface area contributed by atoms with E-state index in [0.717, 1.165) is 43.9 Å². The first kappa shape index (κ1) is 84.5. The molecular weight excluding hydrogens is 1370 g/mol. The highest BCUT2D eigenvalue weighted by molar-refractivity contribution is 7.57. The number of methoxy groups -OCH3 is 3. The standard InChI is InChI=1S/C53H84NO14P.C27H32N8O2/c1-32-18-14-13-15-19-33(2)44(63-8)30-40-23-21-38(7)53(61,67-40)50(58)51(59)54-25-17-16-20-41(54)52(60)66-45(35(4)28-39-22-24-43(46(29-39)64-9)68-69(11,12)62)31-42(55)34(3)27-37(6)48(57)49(65-10)47(56)36(5)26-32;1-5-13-34-25(36)21-18-28-26(29-19-9-11-20(12-10-19)33-16-14-32(4)15-17-33)31-24(21)35(34)23-8-6-7-22(30-23)27(2,3)37/h13-15,18-19,27,32,34-36,38-41,43-46,48-49,57,61H,16-17,20-26,28-31H2,1-12H3;5-12,18,37H,1,13-17H2,2-4H3,(H,28,29,31)/b15-13+,18-14+,33-19+,37-27+;/t32-,34-,35-,36-,38-,39+,40+,41+,43-,44+,45+,46-,48-,49+,53-;/m1./s1. The van der Waals surface area contributed by atoms with Crippen LogP contribution in [-0.4, -0.2) is 208 Å². The number of carbonyl (C=O) groups is 5. The molecular formula is C80H116N9O16P. The Hall–Kier alpha value is -7.16. The number of aliphatic hydroxyl groups is 3. The molecule has 4 aromatic rings. The van der Waals surface area contributed by atoms with Crippen molar-refractivity contribution < 1.29 is 72.1 Å². The Balaban J connectivity index is 0.000000319. The lowest BCUT2D eigenvalue weighted by molar-refractivity contribution is -0.265. The van der Waals surface area contributed by atoms with E-state index in [-0.39, 0.29) is 73.0 Å². The number of ketones is 3. The molecule has 2 bridgehead atoms. The van der Waals surface area contributed by atoms with Crippen molar-refractivity contribution >= 4 is 65.0 Å². The fourth-order valence-corrected chi connectivity index (χ4v) is 15.9. The van der Waals surface area contributed by atoms with Crippen LogP contribution in [0.25, 0.3) is 16.9 Å². The molecule has 26 heteroatoms. The maximum Gasteiger partial charge on any atom is 0.329 e. The van der Waals surface area contributed by atoms with Gasteiger partial charge in [-0.15, -0.1) is 6.58 Å². The number of aromatic nitrogens is 5. The van der Waals surface area contributed by atoms with Crippen LogP contribution in [0.2, 0.25) is 0 Å². The average molecular weight is 1490 g/mol. The molecule has 1 aromatic carbocycles. The predicted octanol–water partition coefficient (Wildman–Crippen LogP) is 10.6. The second-order valence-electron chi connectivity index (χ2n) is 30.7. The summed E-state index contributed by atoms with van der Waals surface area (Å²) >= 11 is 0. The number of piperazine rings is 1. The van der Waals surface area contributed by atoms with E-state index in [0.29, 0.717) is 91.9 Å². The van der Waals surface area contributed by atoms with Crippen molar-refractivity contribution in [2.24, 2.45) is 35.5 Å². The smallest absolute Gasteiger partial charge is 0.329 e. The number of fused-ring (bicyclic) bond motifs is 4. The van der Waals surface area contributed by atoms with E-state index in [9.17, 15) is 48.7 Å². The molecule has 5 aliphatic rings. The highest BCUT2D eigenvalue weighted by atomic mass is 31.2. The number of benzene rings is 1. The van der Waals surface area contributed by atoms with Crippen LogP contribution in [0.4, 0.5) is 17.3 Å². The van der Waals surface area contributed by atoms with E-state index < -0.39 is 90.7 Å². The number of nitrogens with zero attached hydrogens (tertiary/aromatic N) is 8. The van der Waals surface area contributed by atoms with Gasteiger partial charge in [-0.1, -0.05) is 83.2 Å². The Kier molecular flexibility index (Phi) is 30.1. The van der Waals surface area contributed by atoms with Crippen molar-refractivity contribution in [3.8, 4) is 5.82 Å². The number of carbonyl (C=O) groups excluding carboxylic acids is 5. The average Bonchev–Trinajstić information content (AvgIpc) is 1.58. The molecule has 3 saturated heterocycles. The number of amides is 1. The van der Waals surface area contributed by atoms with Crippen LogP contribution >= 0.6 is 7.37 Å². The number of Topliss-reactive ketones (excluding diaryl/α,β-unsaturated/α-hetero) is 3. The highest BCUT2D eigenvalue weighted by Crippen LogP contribution is 2.45. The topological polar surface area (TPSA) is 306 Å². The number of piperidine rings is 1. The number of esters is 1. The van der Waals surface area contributed by atoms with Gasteiger partial charge in [-0.05, 0) is 164 Å². The molecule has 1 aliphatic carbocycles. The number of hydrogen-bond donors (Lipinski definition) is 4. The second kappa shape index (κ2) is 37.8. The van der Waals surface area contributed by atoms with E-state index in [1.54, 1.807) is 97.2 Å². The fourth-order valence-electron chi connectivity index (χ4n) is 15.0. The first-order valence-electron chi connectivity index (χ1n) is 37.5. The summed E-state index contributed by atoms with van der Waals surface area (Å²) in [6.45, 7) is 27.4. The molecule has 0 spiro atoms. The summed E-state index contributed by atoms with van der Waals surface area (Å²) in [6, 6.07) is 12.4. The Morgan fingerprint density at radius 3 is 2.22 bits per heavy atom. The number of pyridine rings is 1. The molecule has 7 heterocycles. The first-order chi connectivity index (χ1) is 50.2. The molecule has 1 saturated carbocycles. The van der Waals surface area contributed by atoms with Crippen LogP contribution in [0.5, 0.6) is 0 Å². The van der Waals surface area contributed by atoms with Crippen molar-refractivity contribution in [3.05, 3.63) is 125 Å². The maximum absolute atomic E-state index is 14.5. The lowest BCUT2D eigenvalue weighted by Crippen LogP contribution is -2.61. The SMILES string of the molecule is C=CCn1c(=O)c2cnc(Nc3ccc(N4CCN(C)CC4)cc3)nc2n1-c1cccc(C(C)(C)O)n1.CO[C@H]1C[C@@H]2CC[C@@H](C)[C@@](O)(O2)C(=O)C(=O)N2CCCC[C@H]2C(=O)O[C@H]([C@H](C)C[C@@H]2CC[C@@H](OP(C)(C)=O)[C@H](OC)C2)CC(=O)[C@H](C)/C=C(\C)[C@@H](O)[C@@H](OC)C(=O)[C@H](C)C[C@H](C)/C=C/C=C/C=C/1C. The van der Waals surface area contributed by atoms with Gasteiger partial charge in [0.15, 0.2) is 24.6 Å². The molecule has 1 amide bonds. The minimum atomic E-state index is -2.79. The van der Waals surface area contributed by atoms with Gasteiger partial charge in [0, 0.05) is 116 Å². The summed E-state index contributed by atoms with van der Waals surface area (Å²) in [6.07, 6.45) is 14.5. The van der Waals surface area contributed by atoms with Gasteiger partial charge in [-0.25, -0.2) is 24.1 Å². The number of anilines is 3. The Morgan fingerprint density at radius 2 is 1.56 bits per heavy atom. The van der Waals surface area contributed by atoms with Crippen LogP contribution < -0.4 is 15.8 Å². The summed E-state index contributed by atoms with van der Waals surface area (Å²) in [5, 5.41) is 37.6. The molecule has 582 valence electrons. The lowest BCUT2D eigenvalue weighted by Gasteiger charge is -2.42. The first-order valence-corrected chi connectivity index (χ1v) is 40.0. The Morgan fingerprint density at radius 1 is 0.840 bits per heavy atom. The molecule has 25 nitrogen and oxygen atoms in total. The third-order valence-corrected chi connectivity index (χ3v) is 22.2. The highest BCUT2D eigenvalue weighted by Gasteiger charge is 2.53. The van der Waals surface area contributed by atoms with Gasteiger partial charge in [0.05, 0.1) is 36.7 Å². The zero-order valence-electron chi connectivity index (χ0n) is 64.9. The van der Waals surface area contributed by atoms with Gasteiger partial charge < -0.3 is 63.5 Å². The number of ether oxygens (including phenoxy) is 5. The molecule has 0 unspecified atom stereocenters. The van der Waals surface area contributed by atoms with Gasteiger partial charge in [0.25, 0.3) is 17.2 Å². The van der Waals surface area contributed by atoms with E-state index in [2.05, 4.69) is 50.8 Å². The summed E-state index contributed by atoms with van der Waals surface area (Å²) in [7, 11) is 3.90. The summed E-state index contributed by atoms with van der Waals surface area (Å²) in [5.74, 6) is -7.28. The monoisotopic (exact) mass is 1490 g/mol. The van der Waals surface area contributed by atoms with Crippen LogP contribution in [0, 0.1) is 35.5 Å².